The Hall–Kier alpha value is -1.86. The van der Waals surface area contributed by atoms with Crippen LogP contribution in [0.1, 0.15) is 6.92 Å². The van der Waals surface area contributed by atoms with Gasteiger partial charge in [-0.15, -0.1) is 0 Å². The second-order valence-corrected chi connectivity index (χ2v) is 3.54. The fourth-order valence-corrected chi connectivity index (χ4v) is 1.26. The van der Waals surface area contributed by atoms with E-state index in [4.69, 9.17) is 5.11 Å². The number of anilines is 1. The summed E-state index contributed by atoms with van der Waals surface area (Å²) in [5.41, 5.74) is -1.28. The molecule has 0 aliphatic heterocycles. The van der Waals surface area contributed by atoms with Crippen molar-refractivity contribution in [1.29, 1.82) is 0 Å². The molecular weight excluding hydrogens is 261 g/mol. The van der Waals surface area contributed by atoms with E-state index in [1.165, 1.54) is 0 Å². The summed E-state index contributed by atoms with van der Waals surface area (Å²) in [5, 5.41) is 8.64. The molecule has 18 heavy (non-hydrogen) atoms. The molecule has 0 saturated heterocycles. The van der Waals surface area contributed by atoms with Crippen molar-refractivity contribution in [1.82, 2.24) is 0 Å². The molecular formula is C10H8F5NO2. The van der Waals surface area contributed by atoms with Gasteiger partial charge in [0.25, 0.3) is 0 Å². The minimum absolute atomic E-state index is 0.457. The van der Waals surface area contributed by atoms with Crippen LogP contribution >= 0.6 is 0 Å². The molecule has 0 fully saturated rings. The number of hydrogen-bond acceptors (Lipinski definition) is 2. The Balaban J connectivity index is 3.46. The van der Waals surface area contributed by atoms with Crippen molar-refractivity contribution in [2.75, 3.05) is 11.9 Å². The number of rotatable bonds is 3. The van der Waals surface area contributed by atoms with Gasteiger partial charge in [-0.1, -0.05) is 0 Å². The highest BCUT2D eigenvalue weighted by molar-refractivity contribution is 5.77. The number of carboxylic acid groups (broad SMARTS) is 1. The number of hydrogen-bond donors (Lipinski definition) is 1. The fraction of sp³-hybridized carbons (Fsp3) is 0.300. The molecule has 0 spiro atoms. The molecule has 1 unspecified atom stereocenters. The molecule has 1 atom stereocenters. The molecule has 1 aromatic carbocycles. The topological polar surface area (TPSA) is 40.5 Å². The Bertz CT molecular complexity index is 477. The molecule has 0 heterocycles. The van der Waals surface area contributed by atoms with Crippen LogP contribution in [0.3, 0.4) is 0 Å². The van der Waals surface area contributed by atoms with Gasteiger partial charge in [0.15, 0.2) is 23.3 Å². The number of nitrogens with zero attached hydrogens (tertiary/aromatic N) is 1. The van der Waals surface area contributed by atoms with Gasteiger partial charge in [0, 0.05) is 7.05 Å². The van der Waals surface area contributed by atoms with Crippen molar-refractivity contribution in [2.24, 2.45) is 0 Å². The number of carboxylic acids is 1. The first kappa shape index (κ1) is 14.2. The Morgan fingerprint density at radius 3 is 1.67 bits per heavy atom. The highest BCUT2D eigenvalue weighted by Gasteiger charge is 2.31. The zero-order chi connectivity index (χ0) is 14.2. The minimum Gasteiger partial charge on any atom is -0.480 e. The molecule has 8 heteroatoms. The van der Waals surface area contributed by atoms with E-state index in [2.05, 4.69) is 0 Å². The molecule has 0 bridgehead atoms. The smallest absolute Gasteiger partial charge is 0.326 e. The van der Waals surface area contributed by atoms with Gasteiger partial charge in [-0.2, -0.15) is 0 Å². The Kier molecular flexibility index (Phi) is 3.78. The lowest BCUT2D eigenvalue weighted by molar-refractivity contribution is -0.138. The third kappa shape index (κ3) is 2.09. The minimum atomic E-state index is -2.29. The summed E-state index contributed by atoms with van der Waals surface area (Å²) in [7, 11) is 0.914. The van der Waals surface area contributed by atoms with Gasteiger partial charge in [0.2, 0.25) is 5.82 Å². The molecule has 0 aliphatic rings. The SMILES string of the molecule is CC(C(=O)O)N(C)c1c(F)c(F)c(F)c(F)c1F. The van der Waals surface area contributed by atoms with E-state index in [-0.39, 0.29) is 0 Å². The maximum absolute atomic E-state index is 13.3. The van der Waals surface area contributed by atoms with Crippen molar-refractivity contribution in [3.8, 4) is 0 Å². The monoisotopic (exact) mass is 269 g/mol. The van der Waals surface area contributed by atoms with Crippen molar-refractivity contribution >= 4 is 11.7 Å². The number of halogens is 5. The van der Waals surface area contributed by atoms with Crippen molar-refractivity contribution in [3.05, 3.63) is 29.1 Å². The Morgan fingerprint density at radius 1 is 1.00 bits per heavy atom. The van der Waals surface area contributed by atoms with Gasteiger partial charge in [0.1, 0.15) is 11.7 Å². The maximum Gasteiger partial charge on any atom is 0.326 e. The molecule has 0 aromatic heterocycles. The molecule has 0 saturated carbocycles. The second-order valence-electron chi connectivity index (χ2n) is 3.54. The molecule has 3 nitrogen and oxygen atoms in total. The van der Waals surface area contributed by atoms with E-state index in [9.17, 15) is 26.7 Å². The lowest BCUT2D eigenvalue weighted by Gasteiger charge is -2.24. The largest absolute Gasteiger partial charge is 0.480 e. The lowest BCUT2D eigenvalue weighted by Crippen LogP contribution is -2.37. The third-order valence-electron chi connectivity index (χ3n) is 2.48. The lowest BCUT2D eigenvalue weighted by atomic mass is 10.2. The Labute approximate surface area is 98.4 Å². The van der Waals surface area contributed by atoms with Crippen molar-refractivity contribution in [3.63, 3.8) is 0 Å². The molecule has 0 aliphatic carbocycles. The van der Waals surface area contributed by atoms with E-state index < -0.39 is 46.8 Å². The van der Waals surface area contributed by atoms with Gasteiger partial charge in [-0.3, -0.25) is 0 Å². The Morgan fingerprint density at radius 2 is 1.33 bits per heavy atom. The summed E-state index contributed by atoms with van der Waals surface area (Å²) in [6.07, 6.45) is 0. The normalized spacial score (nSPS) is 12.4. The number of aliphatic carboxylic acids is 1. The zero-order valence-electron chi connectivity index (χ0n) is 9.27. The van der Waals surface area contributed by atoms with Crippen LogP contribution in [-0.4, -0.2) is 24.2 Å². The van der Waals surface area contributed by atoms with E-state index in [1.807, 2.05) is 0 Å². The van der Waals surface area contributed by atoms with E-state index in [1.54, 1.807) is 0 Å². The summed E-state index contributed by atoms with van der Waals surface area (Å²) in [6, 6.07) is -1.46. The van der Waals surface area contributed by atoms with Crippen LogP contribution in [0.2, 0.25) is 0 Å². The first-order valence-corrected chi connectivity index (χ1v) is 4.67. The van der Waals surface area contributed by atoms with Gasteiger partial charge in [-0.05, 0) is 6.92 Å². The van der Waals surface area contributed by atoms with E-state index >= 15 is 0 Å². The first-order chi connectivity index (χ1) is 8.20. The van der Waals surface area contributed by atoms with Crippen LogP contribution in [-0.2, 0) is 4.79 Å². The van der Waals surface area contributed by atoms with Crippen LogP contribution in [0.5, 0.6) is 0 Å². The molecule has 100 valence electrons. The van der Waals surface area contributed by atoms with Crippen molar-refractivity contribution in [2.45, 2.75) is 13.0 Å². The van der Waals surface area contributed by atoms with Gasteiger partial charge in [-0.25, -0.2) is 26.7 Å². The number of benzene rings is 1. The molecule has 0 amide bonds. The highest BCUT2D eigenvalue weighted by Crippen LogP contribution is 2.30. The van der Waals surface area contributed by atoms with E-state index in [0.717, 1.165) is 14.0 Å². The maximum atomic E-state index is 13.3. The van der Waals surface area contributed by atoms with E-state index in [0.29, 0.717) is 4.90 Å². The van der Waals surface area contributed by atoms with Crippen molar-refractivity contribution < 1.29 is 31.9 Å². The summed E-state index contributed by atoms with van der Waals surface area (Å²) in [4.78, 5) is 11.1. The molecule has 1 rings (SSSR count). The molecule has 1 N–H and O–H groups in total. The predicted molar refractivity (Wildman–Crippen MR) is 51.7 cm³/mol. The summed E-state index contributed by atoms with van der Waals surface area (Å²) in [5.74, 6) is -12.1. The summed E-state index contributed by atoms with van der Waals surface area (Å²) >= 11 is 0. The van der Waals surface area contributed by atoms with Crippen LogP contribution in [0, 0.1) is 29.1 Å². The van der Waals surface area contributed by atoms with Crippen LogP contribution < -0.4 is 4.90 Å². The average molecular weight is 269 g/mol. The second kappa shape index (κ2) is 4.79. The zero-order valence-corrected chi connectivity index (χ0v) is 9.27. The predicted octanol–water partition coefficient (Wildman–Crippen LogP) is 2.29. The first-order valence-electron chi connectivity index (χ1n) is 4.67. The molecule has 1 aromatic rings. The summed E-state index contributed by atoms with van der Waals surface area (Å²) < 4.78 is 65.2. The fourth-order valence-electron chi connectivity index (χ4n) is 1.26. The average Bonchev–Trinajstić information content (AvgIpc) is 2.32. The summed E-state index contributed by atoms with van der Waals surface area (Å²) in [6.45, 7) is 1.04. The number of likely N-dealkylation sites (N-methyl/N-ethyl adjacent to an activating group) is 1. The quantitative estimate of drug-likeness (QED) is 0.520. The third-order valence-corrected chi connectivity index (χ3v) is 2.48. The van der Waals surface area contributed by atoms with Crippen LogP contribution in [0.15, 0.2) is 0 Å². The standard InChI is InChI=1S/C10H8F5NO2/c1-3(10(17)18)16(2)9-7(14)5(12)4(11)6(13)8(9)15/h3H,1-2H3,(H,17,18). The van der Waals surface area contributed by atoms with Gasteiger partial charge < -0.3 is 10.0 Å². The van der Waals surface area contributed by atoms with Gasteiger partial charge in [0.05, 0.1) is 0 Å². The number of carbonyl (C=O) groups is 1. The van der Waals surface area contributed by atoms with Crippen LogP contribution in [0.25, 0.3) is 0 Å². The van der Waals surface area contributed by atoms with Crippen LogP contribution in [0.4, 0.5) is 27.6 Å². The highest BCUT2D eigenvalue weighted by atomic mass is 19.2. The van der Waals surface area contributed by atoms with Gasteiger partial charge >= 0.3 is 5.97 Å². The molecule has 0 radical (unpaired) electrons.